The van der Waals surface area contributed by atoms with E-state index in [1.54, 1.807) is 18.3 Å². The molecule has 1 atom stereocenters. The molecule has 0 unspecified atom stereocenters. The number of aliphatic carboxylic acids is 1. The number of nitrogen functional groups attached to an aromatic ring is 1. The molecule has 3 N–H and O–H groups in total. The molecule has 1 saturated carbocycles. The van der Waals surface area contributed by atoms with Gasteiger partial charge in [0.2, 0.25) is 0 Å². The molecule has 1 aliphatic heterocycles. The number of likely N-dealkylation sites (tertiary alicyclic amines) is 1. The number of piperidine rings is 1. The number of anilines is 1. The molecular formula is C20H32N4O2. The van der Waals surface area contributed by atoms with Gasteiger partial charge < -0.3 is 10.8 Å². The molecule has 1 saturated heterocycles. The van der Waals surface area contributed by atoms with E-state index in [0.29, 0.717) is 11.4 Å². The molecule has 3 rings (SSSR count). The van der Waals surface area contributed by atoms with Crippen LogP contribution >= 0.6 is 0 Å². The molecular weight excluding hydrogens is 328 g/mol. The highest BCUT2D eigenvalue weighted by Crippen LogP contribution is 2.37. The lowest BCUT2D eigenvalue weighted by Crippen LogP contribution is -2.58. The fourth-order valence-corrected chi connectivity index (χ4v) is 4.87. The Bertz CT molecular complexity index is 592. The van der Waals surface area contributed by atoms with Gasteiger partial charge in [-0.05, 0) is 57.5 Å². The Hall–Kier alpha value is -1.66. The Labute approximate surface area is 156 Å². The van der Waals surface area contributed by atoms with E-state index in [1.807, 2.05) is 11.9 Å². The number of rotatable bonds is 6. The highest BCUT2D eigenvalue weighted by molar-refractivity contribution is 5.75. The molecule has 144 valence electrons. The maximum Gasteiger partial charge on any atom is 0.325 e. The van der Waals surface area contributed by atoms with E-state index in [-0.39, 0.29) is 5.54 Å². The van der Waals surface area contributed by atoms with Crippen molar-refractivity contribution in [2.75, 3.05) is 32.4 Å². The SMILES string of the molecule is CN(CC1(N2CCCCC2)CCCCC1)[C@H](C(=O)O)c1ccc(N)nc1. The topological polar surface area (TPSA) is 82.7 Å². The van der Waals surface area contributed by atoms with Gasteiger partial charge in [-0.25, -0.2) is 4.98 Å². The van der Waals surface area contributed by atoms with Crippen molar-refractivity contribution in [2.45, 2.75) is 62.9 Å². The van der Waals surface area contributed by atoms with E-state index in [4.69, 9.17) is 5.73 Å². The van der Waals surface area contributed by atoms with E-state index in [2.05, 4.69) is 9.88 Å². The molecule has 6 nitrogen and oxygen atoms in total. The van der Waals surface area contributed by atoms with E-state index in [9.17, 15) is 9.90 Å². The maximum atomic E-state index is 12.0. The predicted molar refractivity (Wildman–Crippen MR) is 103 cm³/mol. The zero-order chi connectivity index (χ0) is 18.6. The highest BCUT2D eigenvalue weighted by Gasteiger charge is 2.41. The van der Waals surface area contributed by atoms with Gasteiger partial charge in [-0.3, -0.25) is 14.6 Å². The Morgan fingerprint density at radius 2 is 1.88 bits per heavy atom. The molecule has 26 heavy (non-hydrogen) atoms. The lowest BCUT2D eigenvalue weighted by atomic mass is 9.78. The first-order valence-electron chi connectivity index (χ1n) is 9.91. The summed E-state index contributed by atoms with van der Waals surface area (Å²) in [7, 11) is 1.94. The van der Waals surface area contributed by atoms with E-state index >= 15 is 0 Å². The normalized spacial score (nSPS) is 22.2. The van der Waals surface area contributed by atoms with Gasteiger partial charge >= 0.3 is 5.97 Å². The second kappa shape index (κ2) is 8.35. The van der Waals surface area contributed by atoms with E-state index in [0.717, 1.165) is 19.6 Å². The number of hydrogen-bond donors (Lipinski definition) is 2. The standard InChI is InChI=1S/C20H32N4O2/c1-23(18(19(25)26)16-8-9-17(21)22-14-16)15-20(10-4-2-5-11-20)24-12-6-3-7-13-24/h8-9,14,18H,2-7,10-13,15H2,1H3,(H2,21,22)(H,25,26)/t18-/m0/s1. The second-order valence-corrected chi connectivity index (χ2v) is 8.00. The van der Waals surface area contributed by atoms with Crippen LogP contribution in [0.25, 0.3) is 0 Å². The molecule has 0 bridgehead atoms. The zero-order valence-electron chi connectivity index (χ0n) is 15.9. The number of carboxylic acid groups (broad SMARTS) is 1. The average Bonchev–Trinajstić information content (AvgIpc) is 2.65. The van der Waals surface area contributed by atoms with Gasteiger partial charge in [0.25, 0.3) is 0 Å². The molecule has 1 aliphatic carbocycles. The van der Waals surface area contributed by atoms with E-state index < -0.39 is 12.0 Å². The number of carbonyl (C=O) groups is 1. The fraction of sp³-hybridized carbons (Fsp3) is 0.700. The van der Waals surface area contributed by atoms with Crippen molar-refractivity contribution < 1.29 is 9.90 Å². The molecule has 0 radical (unpaired) electrons. The van der Waals surface area contributed by atoms with Crippen molar-refractivity contribution in [1.82, 2.24) is 14.8 Å². The highest BCUT2D eigenvalue weighted by atomic mass is 16.4. The van der Waals surface area contributed by atoms with Crippen LogP contribution in [-0.4, -0.2) is 58.1 Å². The number of likely N-dealkylation sites (N-methyl/N-ethyl adjacent to an activating group) is 1. The Balaban J connectivity index is 1.81. The number of nitrogens with two attached hydrogens (primary N) is 1. The molecule has 2 heterocycles. The summed E-state index contributed by atoms with van der Waals surface area (Å²) in [4.78, 5) is 20.8. The third kappa shape index (κ3) is 4.18. The van der Waals surface area contributed by atoms with Crippen molar-refractivity contribution in [3.63, 3.8) is 0 Å². The van der Waals surface area contributed by atoms with E-state index in [1.165, 1.54) is 51.4 Å². The summed E-state index contributed by atoms with van der Waals surface area (Å²) in [5, 5.41) is 9.88. The number of carboxylic acids is 1. The molecule has 0 amide bonds. The molecule has 0 spiro atoms. The monoisotopic (exact) mass is 360 g/mol. The van der Waals surface area contributed by atoms with Crippen molar-refractivity contribution in [3.8, 4) is 0 Å². The summed E-state index contributed by atoms with van der Waals surface area (Å²) in [6, 6.07) is 2.78. The first-order chi connectivity index (χ1) is 12.5. The summed E-state index contributed by atoms with van der Waals surface area (Å²) >= 11 is 0. The average molecular weight is 361 g/mol. The van der Waals surface area contributed by atoms with Crippen LogP contribution in [0.4, 0.5) is 5.82 Å². The van der Waals surface area contributed by atoms with Gasteiger partial charge in [0, 0.05) is 18.3 Å². The van der Waals surface area contributed by atoms with Crippen LogP contribution in [0.5, 0.6) is 0 Å². The number of aromatic nitrogens is 1. The van der Waals surface area contributed by atoms with Gasteiger partial charge in [-0.1, -0.05) is 31.7 Å². The molecule has 2 aliphatic rings. The summed E-state index contributed by atoms with van der Waals surface area (Å²) in [5.41, 5.74) is 6.47. The number of pyridine rings is 1. The summed E-state index contributed by atoms with van der Waals surface area (Å²) in [6.45, 7) is 3.08. The molecule has 6 heteroatoms. The van der Waals surface area contributed by atoms with Crippen molar-refractivity contribution >= 4 is 11.8 Å². The van der Waals surface area contributed by atoms with Gasteiger partial charge in [-0.15, -0.1) is 0 Å². The first kappa shape index (κ1) is 19.1. The van der Waals surface area contributed by atoms with Gasteiger partial charge in [0.05, 0.1) is 0 Å². The Kier molecular flexibility index (Phi) is 6.14. The quantitative estimate of drug-likeness (QED) is 0.812. The zero-order valence-corrected chi connectivity index (χ0v) is 15.9. The summed E-state index contributed by atoms with van der Waals surface area (Å²) < 4.78 is 0. The summed E-state index contributed by atoms with van der Waals surface area (Å²) in [5.74, 6) is -0.415. The largest absolute Gasteiger partial charge is 0.480 e. The predicted octanol–water partition coefficient (Wildman–Crippen LogP) is 2.91. The minimum atomic E-state index is -0.830. The fourth-order valence-electron chi connectivity index (χ4n) is 4.87. The smallest absolute Gasteiger partial charge is 0.325 e. The molecule has 0 aromatic carbocycles. The van der Waals surface area contributed by atoms with Crippen LogP contribution in [0.15, 0.2) is 18.3 Å². The minimum absolute atomic E-state index is 0.113. The van der Waals surface area contributed by atoms with Gasteiger partial charge in [-0.2, -0.15) is 0 Å². The van der Waals surface area contributed by atoms with Crippen LogP contribution in [0.2, 0.25) is 0 Å². The molecule has 1 aromatic heterocycles. The van der Waals surface area contributed by atoms with Crippen LogP contribution in [0, 0.1) is 0 Å². The maximum absolute atomic E-state index is 12.0. The first-order valence-corrected chi connectivity index (χ1v) is 9.91. The Morgan fingerprint density at radius 3 is 2.46 bits per heavy atom. The minimum Gasteiger partial charge on any atom is -0.480 e. The van der Waals surface area contributed by atoms with Crippen LogP contribution < -0.4 is 5.73 Å². The van der Waals surface area contributed by atoms with Crippen LogP contribution in [-0.2, 0) is 4.79 Å². The van der Waals surface area contributed by atoms with Crippen molar-refractivity contribution in [3.05, 3.63) is 23.9 Å². The molecule has 2 fully saturated rings. The van der Waals surface area contributed by atoms with Crippen molar-refractivity contribution in [1.29, 1.82) is 0 Å². The van der Waals surface area contributed by atoms with Gasteiger partial charge in [0.1, 0.15) is 11.9 Å². The lowest BCUT2D eigenvalue weighted by molar-refractivity contribution is -0.144. The van der Waals surface area contributed by atoms with Crippen molar-refractivity contribution in [2.24, 2.45) is 0 Å². The second-order valence-electron chi connectivity index (χ2n) is 8.00. The number of hydrogen-bond acceptors (Lipinski definition) is 5. The number of nitrogens with zero attached hydrogens (tertiary/aromatic N) is 3. The molecule has 1 aromatic rings. The summed E-state index contributed by atoms with van der Waals surface area (Å²) in [6.07, 6.45) is 11.6. The lowest BCUT2D eigenvalue weighted by Gasteiger charge is -2.50. The van der Waals surface area contributed by atoms with Crippen LogP contribution in [0.3, 0.4) is 0 Å². The Morgan fingerprint density at radius 1 is 1.23 bits per heavy atom. The third-order valence-electron chi connectivity index (χ3n) is 6.15. The van der Waals surface area contributed by atoms with Crippen LogP contribution in [0.1, 0.15) is 63.0 Å². The third-order valence-corrected chi connectivity index (χ3v) is 6.15. The van der Waals surface area contributed by atoms with Gasteiger partial charge in [0.15, 0.2) is 0 Å².